The van der Waals surface area contributed by atoms with Gasteiger partial charge < -0.3 is 24.8 Å². The first-order chi connectivity index (χ1) is 15.0. The van der Waals surface area contributed by atoms with E-state index in [0.717, 1.165) is 11.3 Å². The van der Waals surface area contributed by atoms with Gasteiger partial charge >= 0.3 is 5.97 Å². The number of hydrogen-bond acceptors (Lipinski definition) is 5. The summed E-state index contributed by atoms with van der Waals surface area (Å²) in [5.41, 5.74) is 3.76. The summed E-state index contributed by atoms with van der Waals surface area (Å²) in [6.45, 7) is 5.91. The number of aryl methyl sites for hydroxylation is 1. The maximum Gasteiger partial charge on any atom is 0.340 e. The number of amides is 1. The number of imidazole rings is 1. The normalized spacial score (nSPS) is 11.9. The standard InChI is InChI=1S/C23H28N4O4/c1-5-17(21-24-13-18(26-21)16-9-7-6-8-10-16)27-22(28)20-14(2)19(15(3)25-20)23(29)31-12-11-30-4/h6-10,13,17,25H,5,11-12H2,1-4H3,(H,24,26)(H,27,28). The smallest absolute Gasteiger partial charge is 0.340 e. The Hall–Kier alpha value is -3.39. The van der Waals surface area contributed by atoms with Gasteiger partial charge in [-0.05, 0) is 31.4 Å². The first kappa shape index (κ1) is 22.3. The van der Waals surface area contributed by atoms with Crippen LogP contribution < -0.4 is 5.32 Å². The van der Waals surface area contributed by atoms with E-state index in [4.69, 9.17) is 9.47 Å². The molecule has 3 aromatic rings. The van der Waals surface area contributed by atoms with E-state index in [-0.39, 0.29) is 18.6 Å². The van der Waals surface area contributed by atoms with Crippen molar-refractivity contribution in [2.75, 3.05) is 20.3 Å². The molecule has 1 amide bonds. The van der Waals surface area contributed by atoms with Crippen LogP contribution >= 0.6 is 0 Å². The highest BCUT2D eigenvalue weighted by molar-refractivity contribution is 6.00. The summed E-state index contributed by atoms with van der Waals surface area (Å²) in [6, 6.07) is 9.57. The summed E-state index contributed by atoms with van der Waals surface area (Å²) in [6.07, 6.45) is 2.41. The van der Waals surface area contributed by atoms with E-state index >= 15 is 0 Å². The molecule has 31 heavy (non-hydrogen) atoms. The Bertz CT molecular complexity index is 1040. The van der Waals surface area contributed by atoms with Gasteiger partial charge in [0.1, 0.15) is 18.1 Å². The molecule has 2 heterocycles. The van der Waals surface area contributed by atoms with Gasteiger partial charge in [0.2, 0.25) is 0 Å². The van der Waals surface area contributed by atoms with E-state index in [2.05, 4.69) is 20.3 Å². The second-order valence-corrected chi connectivity index (χ2v) is 7.24. The fraction of sp³-hybridized carbons (Fsp3) is 0.348. The zero-order chi connectivity index (χ0) is 22.4. The van der Waals surface area contributed by atoms with Crippen molar-refractivity contribution >= 4 is 11.9 Å². The number of ether oxygens (including phenoxy) is 2. The van der Waals surface area contributed by atoms with E-state index in [1.165, 1.54) is 7.11 Å². The topological polar surface area (TPSA) is 109 Å². The number of carbonyl (C=O) groups excluding carboxylic acids is 2. The number of rotatable bonds is 9. The van der Waals surface area contributed by atoms with Crippen LogP contribution in [-0.2, 0) is 9.47 Å². The Morgan fingerprint density at radius 2 is 1.87 bits per heavy atom. The maximum absolute atomic E-state index is 13.0. The van der Waals surface area contributed by atoms with Crippen LogP contribution in [0, 0.1) is 13.8 Å². The molecule has 0 radical (unpaired) electrons. The van der Waals surface area contributed by atoms with E-state index in [0.29, 0.717) is 41.4 Å². The first-order valence-electron chi connectivity index (χ1n) is 10.2. The van der Waals surface area contributed by atoms with Gasteiger partial charge in [0.05, 0.1) is 30.1 Å². The predicted octanol–water partition coefficient (Wildman–Crippen LogP) is 3.71. The van der Waals surface area contributed by atoms with Crippen molar-refractivity contribution in [3.63, 3.8) is 0 Å². The molecule has 0 aliphatic carbocycles. The lowest BCUT2D eigenvalue weighted by Gasteiger charge is -2.14. The highest BCUT2D eigenvalue weighted by Gasteiger charge is 2.25. The summed E-state index contributed by atoms with van der Waals surface area (Å²) in [7, 11) is 1.54. The zero-order valence-corrected chi connectivity index (χ0v) is 18.2. The van der Waals surface area contributed by atoms with Crippen LogP contribution in [0.2, 0.25) is 0 Å². The number of benzene rings is 1. The van der Waals surface area contributed by atoms with Gasteiger partial charge in [-0.15, -0.1) is 0 Å². The molecule has 3 rings (SSSR count). The van der Waals surface area contributed by atoms with Gasteiger partial charge in [0.15, 0.2) is 0 Å². The molecule has 8 heteroatoms. The molecule has 3 N–H and O–H groups in total. The lowest BCUT2D eigenvalue weighted by Crippen LogP contribution is -2.29. The Morgan fingerprint density at radius 3 is 2.55 bits per heavy atom. The molecule has 0 aliphatic heterocycles. The quantitative estimate of drug-likeness (QED) is 0.358. The first-order valence-corrected chi connectivity index (χ1v) is 10.2. The molecule has 1 atom stereocenters. The Kier molecular flexibility index (Phi) is 7.25. The second-order valence-electron chi connectivity index (χ2n) is 7.24. The highest BCUT2D eigenvalue weighted by Crippen LogP contribution is 2.23. The van der Waals surface area contributed by atoms with Crippen molar-refractivity contribution in [3.05, 3.63) is 64.9 Å². The Balaban J connectivity index is 1.75. The van der Waals surface area contributed by atoms with Crippen LogP contribution in [-0.4, -0.2) is 47.2 Å². The SMILES string of the molecule is CCC(NC(=O)c1[nH]c(C)c(C(=O)OCCOC)c1C)c1ncc(-c2ccccc2)[nH]1. The van der Waals surface area contributed by atoms with E-state index < -0.39 is 5.97 Å². The average Bonchev–Trinajstić information content (AvgIpc) is 3.37. The van der Waals surface area contributed by atoms with Crippen LogP contribution in [0.5, 0.6) is 0 Å². The van der Waals surface area contributed by atoms with Crippen LogP contribution in [0.1, 0.15) is 57.3 Å². The number of methoxy groups -OCH3 is 1. The largest absolute Gasteiger partial charge is 0.460 e. The van der Waals surface area contributed by atoms with Crippen molar-refractivity contribution in [1.82, 2.24) is 20.3 Å². The lowest BCUT2D eigenvalue weighted by molar-refractivity contribution is 0.0387. The number of esters is 1. The molecule has 0 bridgehead atoms. The molecule has 0 spiro atoms. The van der Waals surface area contributed by atoms with Gasteiger partial charge in [-0.1, -0.05) is 37.3 Å². The van der Waals surface area contributed by atoms with Crippen LogP contribution in [0.4, 0.5) is 0 Å². The summed E-state index contributed by atoms with van der Waals surface area (Å²) < 4.78 is 10.1. The molecular formula is C23H28N4O4. The molecule has 1 aromatic carbocycles. The summed E-state index contributed by atoms with van der Waals surface area (Å²) in [5.74, 6) is -0.108. The number of nitrogens with one attached hydrogen (secondary N) is 3. The third-order valence-corrected chi connectivity index (χ3v) is 5.11. The summed E-state index contributed by atoms with van der Waals surface area (Å²) in [4.78, 5) is 36.1. The number of carbonyl (C=O) groups is 2. The van der Waals surface area contributed by atoms with Gasteiger partial charge in [-0.2, -0.15) is 0 Å². The Morgan fingerprint density at radius 1 is 1.13 bits per heavy atom. The van der Waals surface area contributed by atoms with Crippen LogP contribution in [0.3, 0.4) is 0 Å². The van der Waals surface area contributed by atoms with E-state index in [1.54, 1.807) is 20.0 Å². The van der Waals surface area contributed by atoms with E-state index in [9.17, 15) is 9.59 Å². The minimum absolute atomic E-state index is 0.154. The highest BCUT2D eigenvalue weighted by atomic mass is 16.6. The molecule has 0 saturated carbocycles. The van der Waals surface area contributed by atoms with Crippen LogP contribution in [0.25, 0.3) is 11.3 Å². The van der Waals surface area contributed by atoms with E-state index in [1.807, 2.05) is 37.3 Å². The molecule has 164 valence electrons. The fourth-order valence-corrected chi connectivity index (χ4v) is 3.45. The number of hydrogen-bond donors (Lipinski definition) is 3. The predicted molar refractivity (Wildman–Crippen MR) is 117 cm³/mol. The number of aromatic amines is 2. The lowest BCUT2D eigenvalue weighted by atomic mass is 10.1. The minimum Gasteiger partial charge on any atom is -0.460 e. The van der Waals surface area contributed by atoms with Gasteiger partial charge in [-0.3, -0.25) is 4.79 Å². The van der Waals surface area contributed by atoms with Crippen molar-refractivity contribution in [2.45, 2.75) is 33.2 Å². The van der Waals surface area contributed by atoms with Gasteiger partial charge in [-0.25, -0.2) is 9.78 Å². The third kappa shape index (κ3) is 5.03. The van der Waals surface area contributed by atoms with Gasteiger partial charge in [0.25, 0.3) is 5.91 Å². The summed E-state index contributed by atoms with van der Waals surface area (Å²) >= 11 is 0. The Labute approximate surface area is 181 Å². The molecule has 1 unspecified atom stereocenters. The minimum atomic E-state index is -0.479. The number of aromatic nitrogens is 3. The molecule has 0 aliphatic rings. The third-order valence-electron chi connectivity index (χ3n) is 5.11. The number of H-pyrrole nitrogens is 2. The van der Waals surface area contributed by atoms with Crippen molar-refractivity contribution in [3.8, 4) is 11.3 Å². The zero-order valence-electron chi connectivity index (χ0n) is 18.2. The molecule has 8 nitrogen and oxygen atoms in total. The molecule has 0 fully saturated rings. The number of nitrogens with zero attached hydrogens (tertiary/aromatic N) is 1. The van der Waals surface area contributed by atoms with Crippen LogP contribution in [0.15, 0.2) is 36.5 Å². The van der Waals surface area contributed by atoms with Gasteiger partial charge in [0, 0.05) is 12.8 Å². The molecule has 2 aromatic heterocycles. The molecular weight excluding hydrogens is 396 g/mol. The maximum atomic E-state index is 13.0. The molecule has 0 saturated heterocycles. The van der Waals surface area contributed by atoms with Crippen molar-refractivity contribution in [1.29, 1.82) is 0 Å². The average molecular weight is 425 g/mol. The van der Waals surface area contributed by atoms with Crippen molar-refractivity contribution in [2.24, 2.45) is 0 Å². The second kappa shape index (κ2) is 10.1. The fourth-order valence-electron chi connectivity index (χ4n) is 3.45. The monoisotopic (exact) mass is 424 g/mol. The van der Waals surface area contributed by atoms with Crippen molar-refractivity contribution < 1.29 is 19.1 Å². The summed E-state index contributed by atoms with van der Waals surface area (Å²) in [5, 5.41) is 3.00.